The molecule has 0 aromatic heterocycles. The zero-order chi connectivity index (χ0) is 21.9. The van der Waals surface area contributed by atoms with Crippen molar-refractivity contribution in [3.05, 3.63) is 0 Å². The fourth-order valence-corrected chi connectivity index (χ4v) is 2.11. The summed E-state index contributed by atoms with van der Waals surface area (Å²) in [5, 5.41) is 15.7. The summed E-state index contributed by atoms with van der Waals surface area (Å²) in [6.45, 7) is 3.08. The minimum Gasteiger partial charge on any atom is -0.480 e. The predicted octanol–water partition coefficient (Wildman–Crippen LogP) is -3.10. The molecule has 12 nitrogen and oxygen atoms in total. The van der Waals surface area contributed by atoms with Crippen LogP contribution in [0.4, 0.5) is 0 Å². The van der Waals surface area contributed by atoms with E-state index < -0.39 is 60.2 Å². The lowest BCUT2D eigenvalue weighted by molar-refractivity contribution is -0.142. The SMILES string of the molecule is CC(NC(=O)C(CC(N)=O)NC(=O)C(C)NC(=O)C(N)CCCCN)C(=O)O. The smallest absolute Gasteiger partial charge is 0.325 e. The number of nitrogens with one attached hydrogen (secondary N) is 3. The van der Waals surface area contributed by atoms with Crippen LogP contribution in [0, 0.1) is 0 Å². The van der Waals surface area contributed by atoms with Gasteiger partial charge in [0.15, 0.2) is 0 Å². The molecule has 0 fully saturated rings. The molecule has 0 rings (SSSR count). The van der Waals surface area contributed by atoms with Gasteiger partial charge in [-0.05, 0) is 33.2 Å². The molecule has 0 saturated heterocycles. The maximum absolute atomic E-state index is 12.2. The average Bonchev–Trinajstić information content (AvgIpc) is 2.60. The highest BCUT2D eigenvalue weighted by molar-refractivity contribution is 5.95. The Kier molecular flexibility index (Phi) is 11.4. The Morgan fingerprint density at radius 2 is 1.46 bits per heavy atom. The Labute approximate surface area is 162 Å². The van der Waals surface area contributed by atoms with Crippen molar-refractivity contribution in [2.45, 2.75) is 63.7 Å². The van der Waals surface area contributed by atoms with Gasteiger partial charge in [0.25, 0.3) is 0 Å². The number of aliphatic carboxylic acids is 1. The lowest BCUT2D eigenvalue weighted by atomic mass is 10.1. The number of unbranched alkanes of at least 4 members (excludes halogenated alkanes) is 1. The summed E-state index contributed by atoms with van der Waals surface area (Å²) in [7, 11) is 0. The molecule has 28 heavy (non-hydrogen) atoms. The van der Waals surface area contributed by atoms with Crippen molar-refractivity contribution in [3.63, 3.8) is 0 Å². The Morgan fingerprint density at radius 1 is 0.893 bits per heavy atom. The molecule has 0 aliphatic heterocycles. The van der Waals surface area contributed by atoms with Gasteiger partial charge in [-0.25, -0.2) is 0 Å². The van der Waals surface area contributed by atoms with Crippen LogP contribution >= 0.6 is 0 Å². The number of amides is 4. The highest BCUT2D eigenvalue weighted by Gasteiger charge is 2.28. The number of carboxylic acids is 1. The molecule has 4 amide bonds. The number of hydrogen-bond acceptors (Lipinski definition) is 7. The highest BCUT2D eigenvalue weighted by atomic mass is 16.4. The van der Waals surface area contributed by atoms with Gasteiger partial charge in [0.2, 0.25) is 23.6 Å². The lowest BCUT2D eigenvalue weighted by Gasteiger charge is -2.22. The van der Waals surface area contributed by atoms with Crippen molar-refractivity contribution in [3.8, 4) is 0 Å². The van der Waals surface area contributed by atoms with Crippen molar-refractivity contribution in [1.82, 2.24) is 16.0 Å². The molecule has 0 aromatic rings. The summed E-state index contributed by atoms with van der Waals surface area (Å²) in [5.41, 5.74) is 16.2. The summed E-state index contributed by atoms with van der Waals surface area (Å²) in [4.78, 5) is 58.4. The fourth-order valence-electron chi connectivity index (χ4n) is 2.11. The average molecular weight is 402 g/mol. The van der Waals surface area contributed by atoms with Crippen LogP contribution in [0.15, 0.2) is 0 Å². The van der Waals surface area contributed by atoms with Crippen molar-refractivity contribution < 1.29 is 29.1 Å². The second-order valence-electron chi connectivity index (χ2n) is 6.42. The first kappa shape index (κ1) is 25.3. The standard InChI is InChI=1S/C16H30N6O6/c1-8(20-14(25)10(18)5-3-4-6-17)13(24)22-11(7-12(19)23)15(26)21-9(2)16(27)28/h8-11H,3-7,17-18H2,1-2H3,(H2,19,23)(H,20,25)(H,21,26)(H,22,24)(H,27,28). The lowest BCUT2D eigenvalue weighted by Crippen LogP contribution is -2.56. The van der Waals surface area contributed by atoms with E-state index in [0.717, 1.165) is 6.42 Å². The van der Waals surface area contributed by atoms with Gasteiger partial charge in [-0.2, -0.15) is 0 Å². The molecule has 160 valence electrons. The topological polar surface area (TPSA) is 220 Å². The number of rotatable bonds is 13. The monoisotopic (exact) mass is 402 g/mol. The Hall–Kier alpha value is -2.73. The predicted molar refractivity (Wildman–Crippen MR) is 99.5 cm³/mol. The van der Waals surface area contributed by atoms with E-state index in [0.29, 0.717) is 19.4 Å². The van der Waals surface area contributed by atoms with Crippen LogP contribution in [0.3, 0.4) is 0 Å². The Morgan fingerprint density at radius 3 is 1.96 bits per heavy atom. The van der Waals surface area contributed by atoms with Crippen LogP contribution in [-0.4, -0.2) is 65.4 Å². The molecular weight excluding hydrogens is 372 g/mol. The number of hydrogen-bond donors (Lipinski definition) is 7. The first-order valence-corrected chi connectivity index (χ1v) is 8.87. The maximum Gasteiger partial charge on any atom is 0.325 e. The van der Waals surface area contributed by atoms with Crippen LogP contribution < -0.4 is 33.2 Å². The highest BCUT2D eigenvalue weighted by Crippen LogP contribution is 2.00. The normalized spacial score (nSPS) is 14.9. The van der Waals surface area contributed by atoms with Crippen molar-refractivity contribution in [1.29, 1.82) is 0 Å². The van der Waals surface area contributed by atoms with Gasteiger partial charge < -0.3 is 38.3 Å². The van der Waals surface area contributed by atoms with E-state index in [4.69, 9.17) is 22.3 Å². The summed E-state index contributed by atoms with van der Waals surface area (Å²) >= 11 is 0. The van der Waals surface area contributed by atoms with Gasteiger partial charge in [-0.1, -0.05) is 6.42 Å². The number of carboxylic acid groups (broad SMARTS) is 1. The molecule has 10 N–H and O–H groups in total. The molecule has 0 aliphatic carbocycles. The quantitative estimate of drug-likeness (QED) is 0.156. The number of nitrogens with two attached hydrogens (primary N) is 3. The number of carbonyl (C=O) groups excluding carboxylic acids is 4. The molecule has 0 aromatic carbocycles. The Bertz CT molecular complexity index is 584. The Balaban J connectivity index is 4.82. The van der Waals surface area contributed by atoms with Crippen molar-refractivity contribution in [2.24, 2.45) is 17.2 Å². The van der Waals surface area contributed by atoms with E-state index in [2.05, 4.69) is 16.0 Å². The summed E-state index contributed by atoms with van der Waals surface area (Å²) in [5.74, 6) is -4.36. The van der Waals surface area contributed by atoms with E-state index in [-0.39, 0.29) is 0 Å². The third-order valence-corrected chi connectivity index (χ3v) is 3.83. The van der Waals surface area contributed by atoms with Crippen LogP contribution in [0.1, 0.15) is 39.5 Å². The van der Waals surface area contributed by atoms with Gasteiger partial charge in [0.1, 0.15) is 18.1 Å². The molecule has 0 heterocycles. The molecule has 12 heteroatoms. The molecule has 4 unspecified atom stereocenters. The van der Waals surface area contributed by atoms with Crippen LogP contribution in [0.25, 0.3) is 0 Å². The van der Waals surface area contributed by atoms with Crippen molar-refractivity contribution in [2.75, 3.05) is 6.54 Å². The zero-order valence-electron chi connectivity index (χ0n) is 16.1. The van der Waals surface area contributed by atoms with Gasteiger partial charge in [-0.15, -0.1) is 0 Å². The number of primary amides is 1. The fraction of sp³-hybridized carbons (Fsp3) is 0.688. The van der Waals surface area contributed by atoms with E-state index in [1.165, 1.54) is 13.8 Å². The molecular formula is C16H30N6O6. The second-order valence-corrected chi connectivity index (χ2v) is 6.42. The summed E-state index contributed by atoms with van der Waals surface area (Å²) < 4.78 is 0. The molecule has 0 saturated carbocycles. The zero-order valence-corrected chi connectivity index (χ0v) is 16.1. The molecule has 0 radical (unpaired) electrons. The molecule has 0 spiro atoms. The molecule has 0 bridgehead atoms. The van der Waals surface area contributed by atoms with Crippen LogP contribution in [-0.2, 0) is 24.0 Å². The third kappa shape index (κ3) is 9.83. The first-order valence-electron chi connectivity index (χ1n) is 8.87. The summed E-state index contributed by atoms with van der Waals surface area (Å²) in [6.07, 6.45) is 1.24. The second kappa shape index (κ2) is 12.6. The van der Waals surface area contributed by atoms with E-state index >= 15 is 0 Å². The van der Waals surface area contributed by atoms with E-state index in [1.54, 1.807) is 0 Å². The minimum absolute atomic E-state index is 0.400. The third-order valence-electron chi connectivity index (χ3n) is 3.83. The van der Waals surface area contributed by atoms with Gasteiger partial charge in [-0.3, -0.25) is 24.0 Å². The molecule has 0 aliphatic rings. The van der Waals surface area contributed by atoms with Crippen LogP contribution in [0.2, 0.25) is 0 Å². The van der Waals surface area contributed by atoms with Crippen LogP contribution in [0.5, 0.6) is 0 Å². The summed E-state index contributed by atoms with van der Waals surface area (Å²) in [6, 6.07) is -4.48. The maximum atomic E-state index is 12.2. The minimum atomic E-state index is -1.38. The van der Waals surface area contributed by atoms with Gasteiger partial charge >= 0.3 is 5.97 Å². The van der Waals surface area contributed by atoms with Gasteiger partial charge in [0, 0.05) is 0 Å². The molecule has 4 atom stereocenters. The van der Waals surface area contributed by atoms with E-state index in [1.807, 2.05) is 0 Å². The van der Waals surface area contributed by atoms with E-state index in [9.17, 15) is 24.0 Å². The van der Waals surface area contributed by atoms with Crippen molar-refractivity contribution >= 4 is 29.6 Å². The van der Waals surface area contributed by atoms with Gasteiger partial charge in [0.05, 0.1) is 12.5 Å². The number of carbonyl (C=O) groups is 5. The first-order chi connectivity index (χ1) is 13.0. The largest absolute Gasteiger partial charge is 0.480 e.